The Morgan fingerprint density at radius 3 is 2.86 bits per heavy atom. The van der Waals surface area contributed by atoms with Crippen molar-refractivity contribution in [1.29, 1.82) is 0 Å². The number of H-pyrrole nitrogens is 1. The van der Waals surface area contributed by atoms with Gasteiger partial charge in [0.1, 0.15) is 11.4 Å². The first kappa shape index (κ1) is 18.8. The molecule has 4 rings (SSSR count). The van der Waals surface area contributed by atoms with Gasteiger partial charge >= 0.3 is 0 Å². The fourth-order valence-electron chi connectivity index (χ4n) is 3.27. The summed E-state index contributed by atoms with van der Waals surface area (Å²) in [4.78, 5) is 19.1. The maximum Gasteiger partial charge on any atom is 0.229 e. The number of nitrogens with zero attached hydrogens (tertiary/aromatic N) is 3. The van der Waals surface area contributed by atoms with Gasteiger partial charge in [-0.2, -0.15) is 5.10 Å². The average molecular weight is 417 g/mol. The fraction of sp³-hybridized carbons (Fsp3) is 0.250. The first-order chi connectivity index (χ1) is 13.5. The standard InChI is InChI=1S/C20H18Cl2N4O2/c1-12-20(28-16-8-14(21)7-15(22)9-16)18(25-24-12)10-19(27)26-6-4-17-13(11-26)3-2-5-23-17/h2-3,5,7-9H,4,6,10-11H2,1H3,(H,24,25). The molecule has 1 aliphatic heterocycles. The Morgan fingerprint density at radius 2 is 2.07 bits per heavy atom. The van der Waals surface area contributed by atoms with Crippen LogP contribution < -0.4 is 4.74 Å². The third-order valence-corrected chi connectivity index (χ3v) is 5.10. The second-order valence-corrected chi connectivity index (χ2v) is 7.55. The zero-order valence-corrected chi connectivity index (χ0v) is 16.7. The Hall–Kier alpha value is -2.57. The zero-order valence-electron chi connectivity index (χ0n) is 15.2. The summed E-state index contributed by atoms with van der Waals surface area (Å²) in [6.45, 7) is 3.03. The Balaban J connectivity index is 1.50. The van der Waals surface area contributed by atoms with Crippen molar-refractivity contribution in [3.63, 3.8) is 0 Å². The van der Waals surface area contributed by atoms with Gasteiger partial charge in [0, 0.05) is 41.4 Å². The predicted octanol–water partition coefficient (Wildman–Crippen LogP) is 4.34. The monoisotopic (exact) mass is 416 g/mol. The van der Waals surface area contributed by atoms with Crippen LogP contribution in [0.15, 0.2) is 36.5 Å². The van der Waals surface area contributed by atoms with Crippen molar-refractivity contribution in [3.05, 3.63) is 69.2 Å². The van der Waals surface area contributed by atoms with Gasteiger partial charge < -0.3 is 9.64 Å². The van der Waals surface area contributed by atoms with Crippen molar-refractivity contribution in [2.45, 2.75) is 26.3 Å². The van der Waals surface area contributed by atoms with E-state index in [1.54, 1.807) is 24.4 Å². The third-order valence-electron chi connectivity index (χ3n) is 4.66. The highest BCUT2D eigenvalue weighted by Crippen LogP contribution is 2.32. The maximum absolute atomic E-state index is 12.9. The van der Waals surface area contributed by atoms with E-state index in [9.17, 15) is 4.79 Å². The number of nitrogens with one attached hydrogen (secondary N) is 1. The second kappa shape index (κ2) is 7.81. The van der Waals surface area contributed by atoms with Gasteiger partial charge in [0.2, 0.25) is 5.91 Å². The van der Waals surface area contributed by atoms with Crippen molar-refractivity contribution in [2.75, 3.05) is 6.54 Å². The quantitative estimate of drug-likeness (QED) is 0.686. The zero-order chi connectivity index (χ0) is 19.7. The third kappa shape index (κ3) is 3.98. The normalized spacial score (nSPS) is 13.3. The predicted molar refractivity (Wildman–Crippen MR) is 107 cm³/mol. The highest BCUT2D eigenvalue weighted by Gasteiger charge is 2.24. The van der Waals surface area contributed by atoms with E-state index in [-0.39, 0.29) is 12.3 Å². The van der Waals surface area contributed by atoms with Gasteiger partial charge in [-0.15, -0.1) is 0 Å². The van der Waals surface area contributed by atoms with Gasteiger partial charge in [-0.05, 0) is 36.8 Å². The summed E-state index contributed by atoms with van der Waals surface area (Å²) in [6.07, 6.45) is 2.71. The number of ether oxygens (including phenoxy) is 1. The van der Waals surface area contributed by atoms with Crippen molar-refractivity contribution in [2.24, 2.45) is 0 Å². The molecule has 1 amide bonds. The lowest BCUT2D eigenvalue weighted by Crippen LogP contribution is -2.37. The molecule has 1 aromatic carbocycles. The Kier molecular flexibility index (Phi) is 5.24. The SMILES string of the molecule is Cc1n[nH]c(CC(=O)N2CCc3ncccc3C2)c1Oc1cc(Cl)cc(Cl)c1. The summed E-state index contributed by atoms with van der Waals surface area (Å²) >= 11 is 12.1. The van der Waals surface area contributed by atoms with Crippen LogP contribution in [0, 0.1) is 6.92 Å². The van der Waals surface area contributed by atoms with E-state index < -0.39 is 0 Å². The lowest BCUT2D eigenvalue weighted by molar-refractivity contribution is -0.131. The van der Waals surface area contributed by atoms with E-state index >= 15 is 0 Å². The fourth-order valence-corrected chi connectivity index (χ4v) is 3.78. The van der Waals surface area contributed by atoms with Gasteiger partial charge in [-0.1, -0.05) is 29.3 Å². The van der Waals surface area contributed by atoms with Gasteiger partial charge in [0.15, 0.2) is 5.75 Å². The van der Waals surface area contributed by atoms with Crippen LogP contribution >= 0.6 is 23.2 Å². The summed E-state index contributed by atoms with van der Waals surface area (Å²) in [6, 6.07) is 8.87. The Morgan fingerprint density at radius 1 is 1.29 bits per heavy atom. The molecule has 3 aromatic rings. The smallest absolute Gasteiger partial charge is 0.229 e. The number of aromatic amines is 1. The van der Waals surface area contributed by atoms with E-state index in [2.05, 4.69) is 15.2 Å². The molecule has 0 aliphatic carbocycles. The number of pyridine rings is 1. The number of amides is 1. The average Bonchev–Trinajstić information content (AvgIpc) is 3.00. The van der Waals surface area contributed by atoms with Gasteiger partial charge in [-0.25, -0.2) is 0 Å². The first-order valence-electron chi connectivity index (χ1n) is 8.88. The van der Waals surface area contributed by atoms with E-state index in [1.165, 1.54) is 0 Å². The highest BCUT2D eigenvalue weighted by molar-refractivity contribution is 6.34. The largest absolute Gasteiger partial charge is 0.453 e. The number of carbonyl (C=O) groups excluding carboxylic acids is 1. The molecule has 1 aliphatic rings. The summed E-state index contributed by atoms with van der Waals surface area (Å²) in [7, 11) is 0. The van der Waals surface area contributed by atoms with Crippen LogP contribution in [0.25, 0.3) is 0 Å². The maximum atomic E-state index is 12.9. The van der Waals surface area contributed by atoms with Crippen LogP contribution in [-0.4, -0.2) is 32.5 Å². The second-order valence-electron chi connectivity index (χ2n) is 6.68. The molecule has 3 heterocycles. The van der Waals surface area contributed by atoms with Gasteiger partial charge in [-0.3, -0.25) is 14.9 Å². The number of aryl methyl sites for hydroxylation is 1. The molecule has 0 radical (unpaired) electrons. The number of carbonyl (C=O) groups is 1. The van der Waals surface area contributed by atoms with E-state index in [0.717, 1.165) is 17.7 Å². The summed E-state index contributed by atoms with van der Waals surface area (Å²) in [5.41, 5.74) is 3.43. The number of rotatable bonds is 4. The molecular weight excluding hydrogens is 399 g/mol. The minimum Gasteiger partial charge on any atom is -0.453 e. The van der Waals surface area contributed by atoms with Crippen LogP contribution in [0.2, 0.25) is 10.0 Å². The molecule has 0 spiro atoms. The van der Waals surface area contributed by atoms with Crippen LogP contribution in [-0.2, 0) is 24.2 Å². The minimum absolute atomic E-state index is 0.00660. The Bertz CT molecular complexity index is 1010. The van der Waals surface area contributed by atoms with E-state index in [1.807, 2.05) is 24.0 Å². The van der Waals surface area contributed by atoms with Gasteiger partial charge in [0.25, 0.3) is 0 Å². The van der Waals surface area contributed by atoms with Crippen molar-refractivity contribution in [3.8, 4) is 11.5 Å². The molecule has 0 bridgehead atoms. The molecule has 0 unspecified atom stereocenters. The highest BCUT2D eigenvalue weighted by atomic mass is 35.5. The van der Waals surface area contributed by atoms with Gasteiger partial charge in [0.05, 0.1) is 12.1 Å². The molecule has 0 atom stereocenters. The molecule has 1 N–H and O–H groups in total. The number of hydrogen-bond acceptors (Lipinski definition) is 4. The van der Waals surface area contributed by atoms with Crippen LogP contribution in [0.1, 0.15) is 22.6 Å². The van der Waals surface area contributed by atoms with Crippen LogP contribution in [0.3, 0.4) is 0 Å². The molecule has 2 aromatic heterocycles. The lowest BCUT2D eigenvalue weighted by Gasteiger charge is -2.28. The molecular formula is C20H18Cl2N4O2. The number of halogens is 2. The molecule has 144 valence electrons. The summed E-state index contributed by atoms with van der Waals surface area (Å²) in [5, 5.41) is 8.05. The molecule has 0 fully saturated rings. The topological polar surface area (TPSA) is 71.1 Å². The van der Waals surface area contributed by atoms with Crippen molar-refractivity contribution < 1.29 is 9.53 Å². The molecule has 6 nitrogen and oxygen atoms in total. The number of benzene rings is 1. The first-order valence-corrected chi connectivity index (χ1v) is 9.63. The number of hydrogen-bond donors (Lipinski definition) is 1. The molecule has 0 saturated heterocycles. The molecule has 0 saturated carbocycles. The van der Waals surface area contributed by atoms with Crippen LogP contribution in [0.4, 0.5) is 0 Å². The Labute approximate surface area is 172 Å². The lowest BCUT2D eigenvalue weighted by atomic mass is 10.1. The minimum atomic E-state index is 0.00660. The van der Waals surface area contributed by atoms with Crippen molar-refractivity contribution in [1.82, 2.24) is 20.1 Å². The summed E-state index contributed by atoms with van der Waals surface area (Å²) in [5.74, 6) is 1.02. The summed E-state index contributed by atoms with van der Waals surface area (Å²) < 4.78 is 5.94. The van der Waals surface area contributed by atoms with E-state index in [4.69, 9.17) is 27.9 Å². The number of aromatic nitrogens is 3. The molecule has 8 heteroatoms. The number of fused-ring (bicyclic) bond motifs is 1. The van der Waals surface area contributed by atoms with E-state index in [0.29, 0.717) is 46.0 Å². The molecule has 28 heavy (non-hydrogen) atoms. The van der Waals surface area contributed by atoms with Crippen LogP contribution in [0.5, 0.6) is 11.5 Å². The van der Waals surface area contributed by atoms with Crippen molar-refractivity contribution >= 4 is 29.1 Å².